The number of hydrogen-bond acceptors (Lipinski definition) is 2. The molecule has 0 fully saturated rings. The summed E-state index contributed by atoms with van der Waals surface area (Å²) in [4.78, 5) is 4.62. The fourth-order valence-electron chi connectivity index (χ4n) is 6.54. The van der Waals surface area contributed by atoms with E-state index >= 15 is 0 Å². The van der Waals surface area contributed by atoms with Crippen LogP contribution in [0.5, 0.6) is 0 Å². The fraction of sp³-hybridized carbons (Fsp3) is 0.0222. The number of hydrogen-bond donors (Lipinski definition) is 0. The molecule has 0 unspecified atom stereocenters. The minimum atomic E-state index is 1.11. The summed E-state index contributed by atoms with van der Waals surface area (Å²) in [6.07, 6.45) is 0. The van der Waals surface area contributed by atoms with Gasteiger partial charge in [-0.15, -0.1) is 0 Å². The molecule has 0 N–H and O–H groups in total. The third-order valence-electron chi connectivity index (χ3n) is 9.04. The zero-order chi connectivity index (χ0) is 31.6. The predicted molar refractivity (Wildman–Crippen MR) is 202 cm³/mol. The second kappa shape index (κ2) is 12.3. The standard InChI is InChI=1S/C45H34N2/c1-46(45-20-10-16-37-14-7-8-19-44(37)45)40-26-21-35(22-27-40)36-23-28-41(29-24-36)47(43-30-25-34-13-5-6-15-38(34)32-43)42-18-9-17-39(31-42)33-11-3-2-4-12-33/h2-32H,1H3. The van der Waals surface area contributed by atoms with Gasteiger partial charge in [0.2, 0.25) is 0 Å². The minimum Gasteiger partial charge on any atom is -0.344 e. The van der Waals surface area contributed by atoms with Crippen molar-refractivity contribution in [3.05, 3.63) is 188 Å². The number of anilines is 5. The molecule has 0 aliphatic heterocycles. The molecule has 0 heterocycles. The lowest BCUT2D eigenvalue weighted by molar-refractivity contribution is 1.22. The fourth-order valence-corrected chi connectivity index (χ4v) is 6.54. The summed E-state index contributed by atoms with van der Waals surface area (Å²) in [5.41, 5.74) is 10.5. The van der Waals surface area contributed by atoms with Crippen LogP contribution in [-0.2, 0) is 0 Å². The summed E-state index contributed by atoms with van der Waals surface area (Å²) >= 11 is 0. The van der Waals surface area contributed by atoms with Gasteiger partial charge < -0.3 is 9.80 Å². The van der Waals surface area contributed by atoms with Crippen molar-refractivity contribution in [1.82, 2.24) is 0 Å². The van der Waals surface area contributed by atoms with Gasteiger partial charge >= 0.3 is 0 Å². The molecule has 2 nitrogen and oxygen atoms in total. The Hall–Kier alpha value is -6.12. The van der Waals surface area contributed by atoms with Crippen molar-refractivity contribution in [2.75, 3.05) is 16.8 Å². The highest BCUT2D eigenvalue weighted by molar-refractivity contribution is 5.96. The van der Waals surface area contributed by atoms with Crippen LogP contribution in [0.2, 0.25) is 0 Å². The monoisotopic (exact) mass is 602 g/mol. The van der Waals surface area contributed by atoms with E-state index in [1.165, 1.54) is 49.5 Å². The van der Waals surface area contributed by atoms with Gasteiger partial charge in [0.15, 0.2) is 0 Å². The van der Waals surface area contributed by atoms with Crippen LogP contribution in [0.1, 0.15) is 0 Å². The molecule has 0 saturated carbocycles. The Bertz CT molecular complexity index is 2300. The van der Waals surface area contributed by atoms with Crippen LogP contribution in [0.15, 0.2) is 188 Å². The Morgan fingerprint density at radius 1 is 0.319 bits per heavy atom. The Morgan fingerprint density at radius 2 is 0.851 bits per heavy atom. The molecule has 47 heavy (non-hydrogen) atoms. The van der Waals surface area contributed by atoms with E-state index < -0.39 is 0 Å². The molecule has 0 radical (unpaired) electrons. The zero-order valence-corrected chi connectivity index (χ0v) is 26.3. The zero-order valence-electron chi connectivity index (χ0n) is 26.3. The van der Waals surface area contributed by atoms with E-state index in [9.17, 15) is 0 Å². The molecular weight excluding hydrogens is 569 g/mol. The normalized spacial score (nSPS) is 11.1. The predicted octanol–water partition coefficient (Wildman–Crippen LogP) is 12.6. The quantitative estimate of drug-likeness (QED) is 0.179. The minimum absolute atomic E-state index is 1.11. The van der Waals surface area contributed by atoms with Crippen LogP contribution in [-0.4, -0.2) is 7.05 Å². The van der Waals surface area contributed by atoms with Crippen LogP contribution in [0, 0.1) is 0 Å². The topological polar surface area (TPSA) is 6.48 Å². The Balaban J connectivity index is 1.13. The third-order valence-corrected chi connectivity index (χ3v) is 9.04. The smallest absolute Gasteiger partial charge is 0.0487 e. The van der Waals surface area contributed by atoms with E-state index in [1.54, 1.807) is 0 Å². The molecule has 0 spiro atoms. The van der Waals surface area contributed by atoms with E-state index in [2.05, 4.69) is 205 Å². The largest absolute Gasteiger partial charge is 0.344 e. The van der Waals surface area contributed by atoms with Crippen LogP contribution in [0.3, 0.4) is 0 Å². The summed E-state index contributed by atoms with van der Waals surface area (Å²) in [5.74, 6) is 0. The van der Waals surface area contributed by atoms with Gasteiger partial charge in [-0.2, -0.15) is 0 Å². The highest BCUT2D eigenvalue weighted by Crippen LogP contribution is 2.39. The Kier molecular flexibility index (Phi) is 7.45. The van der Waals surface area contributed by atoms with E-state index in [1.807, 2.05) is 0 Å². The number of rotatable bonds is 7. The molecule has 0 atom stereocenters. The van der Waals surface area contributed by atoms with Crippen molar-refractivity contribution < 1.29 is 0 Å². The summed E-state index contributed by atoms with van der Waals surface area (Å²) in [5, 5.41) is 4.96. The van der Waals surface area contributed by atoms with Crippen molar-refractivity contribution in [2.45, 2.75) is 0 Å². The molecule has 0 aliphatic rings. The first-order valence-electron chi connectivity index (χ1n) is 16.1. The molecule has 0 aromatic heterocycles. The van der Waals surface area contributed by atoms with Crippen molar-refractivity contribution >= 4 is 50.0 Å². The van der Waals surface area contributed by atoms with Crippen LogP contribution in [0.4, 0.5) is 28.4 Å². The van der Waals surface area contributed by atoms with Crippen LogP contribution < -0.4 is 9.80 Å². The summed E-state index contributed by atoms with van der Waals surface area (Å²) < 4.78 is 0. The van der Waals surface area contributed by atoms with Gasteiger partial charge in [-0.3, -0.25) is 0 Å². The molecule has 224 valence electrons. The molecule has 0 bridgehead atoms. The van der Waals surface area contributed by atoms with Gasteiger partial charge in [0, 0.05) is 40.9 Å². The molecule has 2 heteroatoms. The van der Waals surface area contributed by atoms with Gasteiger partial charge in [0.25, 0.3) is 0 Å². The molecule has 8 rings (SSSR count). The second-order valence-electron chi connectivity index (χ2n) is 11.9. The van der Waals surface area contributed by atoms with Gasteiger partial charge in [-0.05, 0) is 93.0 Å². The van der Waals surface area contributed by atoms with Crippen molar-refractivity contribution in [1.29, 1.82) is 0 Å². The highest BCUT2D eigenvalue weighted by Gasteiger charge is 2.15. The Morgan fingerprint density at radius 3 is 1.62 bits per heavy atom. The first kappa shape index (κ1) is 28.4. The average Bonchev–Trinajstić information content (AvgIpc) is 3.15. The SMILES string of the molecule is CN(c1ccc(-c2ccc(N(c3cccc(-c4ccccc4)c3)c3ccc4ccccc4c3)cc2)cc1)c1cccc2ccccc12. The van der Waals surface area contributed by atoms with E-state index in [4.69, 9.17) is 0 Å². The molecule has 0 amide bonds. The van der Waals surface area contributed by atoms with Crippen LogP contribution in [0.25, 0.3) is 43.8 Å². The van der Waals surface area contributed by atoms with Gasteiger partial charge in [-0.25, -0.2) is 0 Å². The molecule has 0 aliphatic carbocycles. The average molecular weight is 603 g/mol. The summed E-state index contributed by atoms with van der Waals surface area (Å²) in [6, 6.07) is 67.5. The maximum absolute atomic E-state index is 2.35. The third kappa shape index (κ3) is 5.62. The molecular formula is C45H34N2. The first-order valence-corrected chi connectivity index (χ1v) is 16.1. The first-order chi connectivity index (χ1) is 23.2. The van der Waals surface area contributed by atoms with Gasteiger partial charge in [0.05, 0.1) is 0 Å². The van der Waals surface area contributed by atoms with E-state index in [0.29, 0.717) is 0 Å². The van der Waals surface area contributed by atoms with E-state index in [0.717, 1.165) is 22.7 Å². The number of fused-ring (bicyclic) bond motifs is 2. The molecule has 8 aromatic carbocycles. The van der Waals surface area contributed by atoms with E-state index in [-0.39, 0.29) is 0 Å². The van der Waals surface area contributed by atoms with Gasteiger partial charge in [0.1, 0.15) is 0 Å². The lowest BCUT2D eigenvalue weighted by Gasteiger charge is -2.26. The lowest BCUT2D eigenvalue weighted by atomic mass is 10.0. The molecule has 8 aromatic rings. The maximum Gasteiger partial charge on any atom is 0.0487 e. The van der Waals surface area contributed by atoms with Crippen molar-refractivity contribution in [2.24, 2.45) is 0 Å². The van der Waals surface area contributed by atoms with Crippen molar-refractivity contribution in [3.63, 3.8) is 0 Å². The number of benzene rings is 8. The lowest BCUT2D eigenvalue weighted by Crippen LogP contribution is -2.10. The highest BCUT2D eigenvalue weighted by atomic mass is 15.1. The van der Waals surface area contributed by atoms with Crippen molar-refractivity contribution in [3.8, 4) is 22.3 Å². The van der Waals surface area contributed by atoms with Gasteiger partial charge in [-0.1, -0.05) is 133 Å². The second-order valence-corrected chi connectivity index (χ2v) is 11.9. The summed E-state index contributed by atoms with van der Waals surface area (Å²) in [6.45, 7) is 0. The maximum atomic E-state index is 2.35. The van der Waals surface area contributed by atoms with Crippen LogP contribution >= 0.6 is 0 Å². The number of nitrogens with zero attached hydrogens (tertiary/aromatic N) is 2. The molecule has 0 saturated heterocycles. The summed E-state index contributed by atoms with van der Waals surface area (Å²) in [7, 11) is 2.14. The Labute approximate surface area is 276 Å².